The smallest absolute Gasteiger partial charge is 0.225 e. The Balaban J connectivity index is 1.39. The summed E-state index contributed by atoms with van der Waals surface area (Å²) in [6, 6.07) is 18.0. The van der Waals surface area contributed by atoms with Crippen molar-refractivity contribution in [2.75, 3.05) is 33.3 Å². The van der Waals surface area contributed by atoms with Gasteiger partial charge in [0.1, 0.15) is 5.75 Å². The lowest BCUT2D eigenvalue weighted by Gasteiger charge is -2.29. The van der Waals surface area contributed by atoms with E-state index in [0.29, 0.717) is 19.6 Å². The minimum atomic E-state index is -0.298. The van der Waals surface area contributed by atoms with Gasteiger partial charge in [0.2, 0.25) is 11.8 Å². The number of amides is 2. The molecule has 31 heavy (non-hydrogen) atoms. The Bertz CT molecular complexity index is 896. The molecule has 2 heterocycles. The van der Waals surface area contributed by atoms with Crippen molar-refractivity contribution in [2.45, 2.75) is 31.8 Å². The largest absolute Gasteiger partial charge is 0.496 e. The Kier molecular flexibility index (Phi) is 6.87. The third kappa shape index (κ3) is 5.07. The second-order valence-electron chi connectivity index (χ2n) is 8.41. The molecular formula is C25H31N3O3. The molecule has 0 aromatic heterocycles. The molecule has 2 atom stereocenters. The van der Waals surface area contributed by atoms with E-state index in [1.165, 1.54) is 12.8 Å². The second-order valence-corrected chi connectivity index (χ2v) is 8.41. The van der Waals surface area contributed by atoms with Crippen molar-refractivity contribution in [1.82, 2.24) is 15.1 Å². The molecule has 0 bridgehead atoms. The van der Waals surface area contributed by atoms with Gasteiger partial charge in [0.15, 0.2) is 0 Å². The van der Waals surface area contributed by atoms with Crippen LogP contribution in [0.2, 0.25) is 0 Å². The minimum absolute atomic E-state index is 0.0389. The van der Waals surface area contributed by atoms with Gasteiger partial charge in [-0.1, -0.05) is 48.5 Å². The van der Waals surface area contributed by atoms with Gasteiger partial charge in [-0.3, -0.25) is 14.5 Å². The second kappa shape index (κ2) is 9.96. The summed E-state index contributed by atoms with van der Waals surface area (Å²) in [4.78, 5) is 29.6. The van der Waals surface area contributed by atoms with Crippen LogP contribution in [0, 0.1) is 5.92 Å². The van der Waals surface area contributed by atoms with Crippen molar-refractivity contribution < 1.29 is 14.3 Å². The number of hydrogen-bond donors (Lipinski definition) is 1. The van der Waals surface area contributed by atoms with Gasteiger partial charge in [0.25, 0.3) is 0 Å². The summed E-state index contributed by atoms with van der Waals surface area (Å²) in [6.07, 6.45) is 2.62. The first-order chi connectivity index (χ1) is 15.2. The van der Waals surface area contributed by atoms with Gasteiger partial charge < -0.3 is 15.0 Å². The van der Waals surface area contributed by atoms with Crippen LogP contribution >= 0.6 is 0 Å². The van der Waals surface area contributed by atoms with Crippen molar-refractivity contribution in [3.05, 3.63) is 65.7 Å². The van der Waals surface area contributed by atoms with Crippen LogP contribution in [-0.2, 0) is 16.1 Å². The molecule has 4 rings (SSSR count). The number of likely N-dealkylation sites (tertiary alicyclic amines) is 2. The van der Waals surface area contributed by atoms with Crippen LogP contribution in [0.4, 0.5) is 0 Å². The highest BCUT2D eigenvalue weighted by Crippen LogP contribution is 2.31. The van der Waals surface area contributed by atoms with Gasteiger partial charge in [-0.15, -0.1) is 0 Å². The quantitative estimate of drug-likeness (QED) is 0.712. The molecular weight excluding hydrogens is 390 g/mol. The van der Waals surface area contributed by atoms with Gasteiger partial charge in [-0.05, 0) is 37.6 Å². The van der Waals surface area contributed by atoms with Gasteiger partial charge in [0, 0.05) is 31.6 Å². The van der Waals surface area contributed by atoms with Crippen LogP contribution in [0.5, 0.6) is 5.75 Å². The van der Waals surface area contributed by atoms with Crippen molar-refractivity contribution in [1.29, 1.82) is 0 Å². The van der Waals surface area contributed by atoms with Crippen LogP contribution in [0.15, 0.2) is 54.6 Å². The molecule has 0 saturated carbocycles. The van der Waals surface area contributed by atoms with E-state index >= 15 is 0 Å². The highest BCUT2D eigenvalue weighted by molar-refractivity contribution is 5.89. The Hall–Kier alpha value is -2.86. The topological polar surface area (TPSA) is 61.9 Å². The number of benzene rings is 2. The predicted molar refractivity (Wildman–Crippen MR) is 120 cm³/mol. The summed E-state index contributed by atoms with van der Waals surface area (Å²) in [7, 11) is 1.68. The normalized spacial score (nSPS) is 20.1. The molecule has 2 aliphatic heterocycles. The van der Waals surface area contributed by atoms with Gasteiger partial charge in [-0.2, -0.15) is 0 Å². The Morgan fingerprint density at radius 1 is 1.10 bits per heavy atom. The molecule has 164 valence electrons. The minimum Gasteiger partial charge on any atom is -0.496 e. The first-order valence-electron chi connectivity index (χ1n) is 11.1. The van der Waals surface area contributed by atoms with Crippen molar-refractivity contribution >= 4 is 11.8 Å². The standard InChI is InChI=1S/C25H31N3O3/c1-31-23-12-6-5-11-21(23)22(27-13-7-8-14-27)16-26-25(30)20-15-24(29)28(18-20)17-19-9-3-2-4-10-19/h2-6,9-12,20,22H,7-8,13-18H2,1H3,(H,26,30)/t20-,22+/m0/s1. The molecule has 0 aliphatic carbocycles. The van der Waals surface area contributed by atoms with Crippen LogP contribution < -0.4 is 10.1 Å². The number of nitrogens with zero attached hydrogens (tertiary/aromatic N) is 2. The summed E-state index contributed by atoms with van der Waals surface area (Å²) in [6.45, 7) is 3.59. The summed E-state index contributed by atoms with van der Waals surface area (Å²) in [5, 5.41) is 3.14. The Morgan fingerprint density at radius 2 is 1.81 bits per heavy atom. The molecule has 6 nitrogen and oxygen atoms in total. The number of hydrogen-bond acceptors (Lipinski definition) is 4. The van der Waals surface area contributed by atoms with E-state index in [4.69, 9.17) is 4.74 Å². The third-order valence-electron chi connectivity index (χ3n) is 6.35. The number of nitrogens with one attached hydrogen (secondary N) is 1. The Labute approximate surface area is 184 Å². The summed E-state index contributed by atoms with van der Waals surface area (Å²) in [5.41, 5.74) is 2.18. The fraction of sp³-hybridized carbons (Fsp3) is 0.440. The molecule has 2 aromatic rings. The predicted octanol–water partition coefficient (Wildman–Crippen LogP) is 3.00. The number of carbonyl (C=O) groups is 2. The van der Waals surface area contributed by atoms with Crippen molar-refractivity contribution in [3.8, 4) is 5.75 Å². The zero-order valence-electron chi connectivity index (χ0n) is 18.1. The SMILES string of the molecule is COc1ccccc1[C@@H](CNC(=O)[C@H]1CC(=O)N(Cc2ccccc2)C1)N1CCCC1. The molecule has 2 aromatic carbocycles. The van der Waals surface area contributed by atoms with Gasteiger partial charge >= 0.3 is 0 Å². The van der Waals surface area contributed by atoms with Crippen LogP contribution in [0.3, 0.4) is 0 Å². The fourth-order valence-corrected chi connectivity index (χ4v) is 4.68. The first-order valence-corrected chi connectivity index (χ1v) is 11.1. The van der Waals surface area contributed by atoms with Gasteiger partial charge in [0.05, 0.1) is 19.1 Å². The molecule has 2 amide bonds. The highest BCUT2D eigenvalue weighted by atomic mass is 16.5. The van der Waals surface area contributed by atoms with Crippen LogP contribution in [-0.4, -0.2) is 54.9 Å². The molecule has 0 spiro atoms. The summed E-state index contributed by atoms with van der Waals surface area (Å²) >= 11 is 0. The highest BCUT2D eigenvalue weighted by Gasteiger charge is 2.35. The van der Waals surface area contributed by atoms with E-state index in [-0.39, 0.29) is 30.2 Å². The number of para-hydroxylation sites is 1. The Morgan fingerprint density at radius 3 is 2.55 bits per heavy atom. The molecule has 2 saturated heterocycles. The van der Waals surface area contributed by atoms with E-state index in [0.717, 1.165) is 30.0 Å². The third-order valence-corrected chi connectivity index (χ3v) is 6.35. The number of ether oxygens (including phenoxy) is 1. The van der Waals surface area contributed by atoms with E-state index in [9.17, 15) is 9.59 Å². The maximum atomic E-state index is 13.0. The number of carbonyl (C=O) groups excluding carboxylic acids is 2. The first kappa shape index (κ1) is 21.4. The molecule has 6 heteroatoms. The van der Waals surface area contributed by atoms with Gasteiger partial charge in [-0.25, -0.2) is 0 Å². The average Bonchev–Trinajstić information content (AvgIpc) is 3.45. The molecule has 1 N–H and O–H groups in total. The van der Waals surface area contributed by atoms with E-state index in [1.54, 1.807) is 12.0 Å². The summed E-state index contributed by atoms with van der Waals surface area (Å²) in [5.74, 6) is 0.555. The zero-order chi connectivity index (χ0) is 21.6. The van der Waals surface area contributed by atoms with Crippen molar-refractivity contribution in [2.24, 2.45) is 5.92 Å². The molecule has 0 radical (unpaired) electrons. The monoisotopic (exact) mass is 421 g/mol. The number of rotatable bonds is 8. The maximum Gasteiger partial charge on any atom is 0.225 e. The lowest BCUT2D eigenvalue weighted by atomic mass is 10.0. The van der Waals surface area contributed by atoms with Crippen LogP contribution in [0.25, 0.3) is 0 Å². The molecule has 2 fully saturated rings. The van der Waals surface area contributed by atoms with Crippen molar-refractivity contribution in [3.63, 3.8) is 0 Å². The number of methoxy groups -OCH3 is 1. The fourth-order valence-electron chi connectivity index (χ4n) is 4.68. The maximum absolute atomic E-state index is 13.0. The molecule has 2 aliphatic rings. The lowest BCUT2D eigenvalue weighted by Crippen LogP contribution is -2.40. The summed E-state index contributed by atoms with van der Waals surface area (Å²) < 4.78 is 5.59. The zero-order valence-corrected chi connectivity index (χ0v) is 18.1. The average molecular weight is 422 g/mol. The van der Waals surface area contributed by atoms with Crippen LogP contribution in [0.1, 0.15) is 36.4 Å². The molecule has 0 unspecified atom stereocenters. The lowest BCUT2D eigenvalue weighted by molar-refractivity contribution is -0.129. The van der Waals surface area contributed by atoms with E-state index < -0.39 is 0 Å². The van der Waals surface area contributed by atoms with E-state index in [1.807, 2.05) is 48.5 Å². The van der Waals surface area contributed by atoms with E-state index in [2.05, 4.69) is 16.3 Å².